The summed E-state index contributed by atoms with van der Waals surface area (Å²) in [6.07, 6.45) is 0.888. The minimum atomic E-state index is -0.482. The number of nitrogens with two attached hydrogens (primary N) is 1. The maximum absolute atomic E-state index is 11.9. The van der Waals surface area contributed by atoms with Crippen molar-refractivity contribution in [2.75, 3.05) is 44.9 Å². The summed E-state index contributed by atoms with van der Waals surface area (Å²) in [6, 6.07) is 5.13. The second-order valence-electron chi connectivity index (χ2n) is 4.97. The molecule has 1 rings (SSSR count). The van der Waals surface area contributed by atoms with E-state index in [1.807, 2.05) is 11.8 Å². The normalized spacial score (nSPS) is 10.1. The number of likely N-dealkylation sites (N-methyl/N-ethyl adjacent to an activating group) is 1. The average molecular weight is 293 g/mol. The van der Waals surface area contributed by atoms with Crippen molar-refractivity contribution in [3.63, 3.8) is 0 Å². The molecule has 0 aromatic heterocycles. The van der Waals surface area contributed by atoms with Gasteiger partial charge in [-0.25, -0.2) is 4.79 Å². The van der Waals surface area contributed by atoms with E-state index in [4.69, 9.17) is 10.5 Å². The summed E-state index contributed by atoms with van der Waals surface area (Å²) < 4.78 is 4.72. The number of benzene rings is 1. The molecule has 116 valence electrons. The van der Waals surface area contributed by atoms with Crippen molar-refractivity contribution in [3.8, 4) is 0 Å². The predicted octanol–water partition coefficient (Wildman–Crippen LogP) is 1.36. The largest absolute Gasteiger partial charge is 0.465 e. The fraction of sp³-hybridized carbons (Fsp3) is 0.467. The molecule has 0 unspecified atom stereocenters. The summed E-state index contributed by atoms with van der Waals surface area (Å²) in [5.74, 6) is -0.482. The molecule has 0 bridgehead atoms. The van der Waals surface area contributed by atoms with Gasteiger partial charge in [-0.3, -0.25) is 4.79 Å². The topological polar surface area (TPSA) is 75.9 Å². The van der Waals surface area contributed by atoms with Crippen molar-refractivity contribution in [2.24, 2.45) is 0 Å². The fourth-order valence-corrected chi connectivity index (χ4v) is 1.90. The van der Waals surface area contributed by atoms with Crippen LogP contribution < -0.4 is 10.6 Å². The summed E-state index contributed by atoms with van der Waals surface area (Å²) >= 11 is 0. The molecule has 0 saturated heterocycles. The molecule has 0 heterocycles. The fourth-order valence-electron chi connectivity index (χ4n) is 1.90. The Bertz CT molecular complexity index is 515. The zero-order valence-electron chi connectivity index (χ0n) is 13.0. The van der Waals surface area contributed by atoms with Crippen LogP contribution in [0.5, 0.6) is 0 Å². The Hall–Kier alpha value is -2.24. The number of carbonyl (C=O) groups excluding carboxylic acids is 2. The molecule has 0 radical (unpaired) electrons. The molecule has 21 heavy (non-hydrogen) atoms. The van der Waals surface area contributed by atoms with E-state index in [9.17, 15) is 9.59 Å². The second-order valence-corrected chi connectivity index (χ2v) is 4.97. The molecule has 0 atom stereocenters. The Kier molecular flexibility index (Phi) is 6.02. The van der Waals surface area contributed by atoms with Crippen LogP contribution in [0.4, 0.5) is 11.4 Å². The first-order valence-electron chi connectivity index (χ1n) is 6.83. The van der Waals surface area contributed by atoms with E-state index >= 15 is 0 Å². The number of ether oxygens (including phenoxy) is 1. The SMILES string of the molecule is CCCN(CC(=O)N(C)C)c1ccc(N)c(C(=O)OC)c1. The van der Waals surface area contributed by atoms with Gasteiger partial charge in [0, 0.05) is 32.0 Å². The Morgan fingerprint density at radius 3 is 2.48 bits per heavy atom. The molecule has 6 nitrogen and oxygen atoms in total. The molecule has 0 fully saturated rings. The highest BCUT2D eigenvalue weighted by Gasteiger charge is 2.16. The lowest BCUT2D eigenvalue weighted by Gasteiger charge is -2.26. The van der Waals surface area contributed by atoms with Crippen LogP contribution in [-0.4, -0.2) is 51.1 Å². The number of methoxy groups -OCH3 is 1. The number of hydrogen-bond acceptors (Lipinski definition) is 5. The van der Waals surface area contributed by atoms with Gasteiger partial charge in [0.2, 0.25) is 5.91 Å². The Balaban J connectivity index is 3.08. The van der Waals surface area contributed by atoms with Crippen LogP contribution in [0.15, 0.2) is 18.2 Å². The number of esters is 1. The number of nitrogens with zero attached hydrogens (tertiary/aromatic N) is 2. The minimum absolute atomic E-state index is 0.0000990. The highest BCUT2D eigenvalue weighted by molar-refractivity contribution is 5.96. The van der Waals surface area contributed by atoms with Crippen LogP contribution in [0.1, 0.15) is 23.7 Å². The van der Waals surface area contributed by atoms with Gasteiger partial charge in [0.05, 0.1) is 19.2 Å². The summed E-state index contributed by atoms with van der Waals surface area (Å²) in [7, 11) is 4.75. The van der Waals surface area contributed by atoms with E-state index in [1.54, 1.807) is 37.2 Å². The van der Waals surface area contributed by atoms with Gasteiger partial charge in [-0.1, -0.05) is 6.92 Å². The molecular weight excluding hydrogens is 270 g/mol. The van der Waals surface area contributed by atoms with E-state index in [0.29, 0.717) is 17.8 Å². The lowest BCUT2D eigenvalue weighted by molar-refractivity contribution is -0.127. The third-order valence-corrected chi connectivity index (χ3v) is 3.13. The standard InChI is InChI=1S/C15H23N3O3/c1-5-8-18(10-14(19)17(2)3)11-6-7-13(16)12(9-11)15(20)21-4/h6-7,9H,5,8,10,16H2,1-4H3. The Morgan fingerprint density at radius 1 is 1.29 bits per heavy atom. The molecule has 0 aliphatic heterocycles. The number of anilines is 2. The van der Waals surface area contributed by atoms with Crippen molar-refractivity contribution >= 4 is 23.3 Å². The quantitative estimate of drug-likeness (QED) is 0.633. The summed E-state index contributed by atoms with van der Waals surface area (Å²) in [5.41, 5.74) is 7.25. The first-order chi connectivity index (χ1) is 9.90. The Labute approximate surface area is 125 Å². The first-order valence-corrected chi connectivity index (χ1v) is 6.83. The second kappa shape index (κ2) is 7.52. The molecule has 0 aliphatic carbocycles. The monoisotopic (exact) mass is 293 g/mol. The highest BCUT2D eigenvalue weighted by Crippen LogP contribution is 2.22. The number of amides is 1. The van der Waals surface area contributed by atoms with Crippen LogP contribution in [0.2, 0.25) is 0 Å². The smallest absolute Gasteiger partial charge is 0.340 e. The van der Waals surface area contributed by atoms with Gasteiger partial charge in [0.1, 0.15) is 0 Å². The third kappa shape index (κ3) is 4.37. The number of nitrogen functional groups attached to an aromatic ring is 1. The Morgan fingerprint density at radius 2 is 1.95 bits per heavy atom. The van der Waals surface area contributed by atoms with Gasteiger partial charge >= 0.3 is 5.97 Å². The van der Waals surface area contributed by atoms with Crippen LogP contribution >= 0.6 is 0 Å². The zero-order chi connectivity index (χ0) is 16.0. The van der Waals surface area contributed by atoms with Gasteiger partial charge in [-0.2, -0.15) is 0 Å². The maximum atomic E-state index is 11.9. The van der Waals surface area contributed by atoms with Gasteiger partial charge < -0.3 is 20.3 Å². The van der Waals surface area contributed by atoms with E-state index in [-0.39, 0.29) is 12.5 Å². The van der Waals surface area contributed by atoms with Gasteiger partial charge in [0.15, 0.2) is 0 Å². The maximum Gasteiger partial charge on any atom is 0.340 e. The van der Waals surface area contributed by atoms with Gasteiger partial charge in [0.25, 0.3) is 0 Å². The van der Waals surface area contributed by atoms with Crippen molar-refractivity contribution in [1.82, 2.24) is 4.90 Å². The predicted molar refractivity (Wildman–Crippen MR) is 83.4 cm³/mol. The highest BCUT2D eigenvalue weighted by atomic mass is 16.5. The molecule has 0 aliphatic rings. The zero-order valence-corrected chi connectivity index (χ0v) is 13.0. The van der Waals surface area contributed by atoms with Gasteiger partial charge in [-0.05, 0) is 24.6 Å². The number of carbonyl (C=O) groups is 2. The average Bonchev–Trinajstić information content (AvgIpc) is 2.46. The van der Waals surface area contributed by atoms with E-state index in [1.165, 1.54) is 7.11 Å². The van der Waals surface area contributed by atoms with Crippen molar-refractivity contribution in [2.45, 2.75) is 13.3 Å². The molecule has 1 aromatic carbocycles. The van der Waals surface area contributed by atoms with Crippen LogP contribution in [-0.2, 0) is 9.53 Å². The number of hydrogen-bond donors (Lipinski definition) is 1. The summed E-state index contributed by atoms with van der Waals surface area (Å²) in [6.45, 7) is 3.00. The molecule has 2 N–H and O–H groups in total. The molecular formula is C15H23N3O3. The molecule has 1 aromatic rings. The van der Waals surface area contributed by atoms with Crippen LogP contribution in [0, 0.1) is 0 Å². The van der Waals surface area contributed by atoms with Gasteiger partial charge in [-0.15, -0.1) is 0 Å². The first kappa shape index (κ1) is 16.8. The lowest BCUT2D eigenvalue weighted by Crippen LogP contribution is -2.37. The van der Waals surface area contributed by atoms with Crippen LogP contribution in [0.25, 0.3) is 0 Å². The van der Waals surface area contributed by atoms with E-state index < -0.39 is 5.97 Å². The van der Waals surface area contributed by atoms with E-state index in [2.05, 4.69) is 0 Å². The molecule has 1 amide bonds. The third-order valence-electron chi connectivity index (χ3n) is 3.13. The molecule has 0 saturated carbocycles. The summed E-state index contributed by atoms with van der Waals surface area (Å²) in [4.78, 5) is 27.1. The molecule has 6 heteroatoms. The minimum Gasteiger partial charge on any atom is -0.465 e. The van der Waals surface area contributed by atoms with Crippen molar-refractivity contribution < 1.29 is 14.3 Å². The van der Waals surface area contributed by atoms with Crippen molar-refractivity contribution in [3.05, 3.63) is 23.8 Å². The molecule has 0 spiro atoms. The number of rotatable bonds is 6. The van der Waals surface area contributed by atoms with E-state index in [0.717, 1.165) is 12.1 Å². The lowest BCUT2D eigenvalue weighted by atomic mass is 10.1. The van der Waals surface area contributed by atoms with Crippen molar-refractivity contribution in [1.29, 1.82) is 0 Å². The van der Waals surface area contributed by atoms with Crippen LogP contribution in [0.3, 0.4) is 0 Å². The summed E-state index contributed by atoms with van der Waals surface area (Å²) in [5, 5.41) is 0.